The highest BCUT2D eigenvalue weighted by Crippen LogP contribution is 2.63. The maximum absolute atomic E-state index is 12.5. The summed E-state index contributed by atoms with van der Waals surface area (Å²) in [6, 6.07) is 9.31. The molecule has 0 aliphatic heterocycles. The highest BCUT2D eigenvalue weighted by atomic mass is 35.5. The number of hydrogen-bond acceptors (Lipinski definition) is 4. The van der Waals surface area contributed by atoms with E-state index in [0.717, 1.165) is 12.0 Å². The van der Waals surface area contributed by atoms with E-state index < -0.39 is 6.80 Å². The first-order valence-corrected chi connectivity index (χ1v) is 9.66. The van der Waals surface area contributed by atoms with Gasteiger partial charge in [0.1, 0.15) is 5.76 Å². The second-order valence-corrected chi connectivity index (χ2v) is 7.96. The van der Waals surface area contributed by atoms with Gasteiger partial charge >= 0.3 is 6.80 Å². The van der Waals surface area contributed by atoms with E-state index in [2.05, 4.69) is 0 Å². The van der Waals surface area contributed by atoms with Crippen LogP contribution in [0.3, 0.4) is 0 Å². The maximum atomic E-state index is 12.5. The van der Waals surface area contributed by atoms with Gasteiger partial charge in [-0.25, -0.2) is 4.57 Å². The molecule has 1 unspecified atom stereocenters. The Morgan fingerprint density at radius 1 is 1.37 bits per heavy atom. The third-order valence-electron chi connectivity index (χ3n) is 2.11. The van der Waals surface area contributed by atoms with Crippen LogP contribution in [0.5, 0.6) is 0 Å². The third kappa shape index (κ3) is 5.62. The molecule has 0 spiro atoms. The van der Waals surface area contributed by atoms with Crippen molar-refractivity contribution in [3.63, 3.8) is 0 Å². The van der Waals surface area contributed by atoms with Gasteiger partial charge in [-0.15, -0.1) is 0 Å². The van der Waals surface area contributed by atoms with Crippen molar-refractivity contribution >= 4 is 35.5 Å². The van der Waals surface area contributed by atoms with Crippen molar-refractivity contribution in [1.82, 2.24) is 0 Å². The molecule has 6 heteroatoms. The Hall–Kier alpha value is -0.410. The Morgan fingerprint density at radius 3 is 2.58 bits per heavy atom. The molecule has 106 valence electrons. The van der Waals surface area contributed by atoms with Gasteiger partial charge in [0.25, 0.3) is 0 Å². The van der Waals surface area contributed by atoms with Crippen LogP contribution < -0.4 is 0 Å². The monoisotopic (exact) mass is 320 g/mol. The first kappa shape index (κ1) is 16.6. The van der Waals surface area contributed by atoms with Gasteiger partial charge in [-0.2, -0.15) is 0 Å². The number of rotatable bonds is 8. The number of halogens is 1. The predicted octanol–water partition coefficient (Wildman–Crippen LogP) is 5.53. The zero-order chi connectivity index (χ0) is 14.1. The van der Waals surface area contributed by atoms with E-state index in [1.165, 1.54) is 16.9 Å². The lowest BCUT2D eigenvalue weighted by Gasteiger charge is -2.19. The van der Waals surface area contributed by atoms with Crippen molar-refractivity contribution in [2.45, 2.75) is 20.3 Å². The molecule has 0 saturated carbocycles. The molecule has 0 radical (unpaired) electrons. The van der Waals surface area contributed by atoms with Crippen molar-refractivity contribution in [2.75, 3.05) is 12.4 Å². The van der Waals surface area contributed by atoms with Crippen molar-refractivity contribution in [3.05, 3.63) is 41.4 Å². The Morgan fingerprint density at radius 2 is 2.05 bits per heavy atom. The molecule has 0 saturated heterocycles. The zero-order valence-corrected chi connectivity index (χ0v) is 13.5. The van der Waals surface area contributed by atoms with E-state index in [1.807, 2.05) is 37.3 Å². The molecule has 0 heterocycles. The molecule has 0 aliphatic rings. The van der Waals surface area contributed by atoms with Crippen LogP contribution >= 0.6 is 29.8 Å². The predicted molar refractivity (Wildman–Crippen MR) is 83.3 cm³/mol. The summed E-state index contributed by atoms with van der Waals surface area (Å²) in [6.45, 7) is 0.921. The zero-order valence-electron chi connectivity index (χ0n) is 11.0. The van der Waals surface area contributed by atoms with Crippen molar-refractivity contribution < 1.29 is 13.6 Å². The Bertz CT molecular complexity index is 450. The lowest BCUT2D eigenvalue weighted by molar-refractivity contribution is 0.287. The SMILES string of the molecule is CCCSP(=O)(OCC)OC(=CCl)c1ccccc1. The lowest BCUT2D eigenvalue weighted by Crippen LogP contribution is -1.94. The summed E-state index contributed by atoms with van der Waals surface area (Å²) in [6.07, 6.45) is 0.899. The fourth-order valence-electron chi connectivity index (χ4n) is 1.31. The standard InChI is InChI=1S/C13H18ClO3PS/c1-3-10-19-18(15,16-4-2)17-13(11-14)12-8-6-5-7-9-12/h5-9,11H,3-4,10H2,1-2H3. The van der Waals surface area contributed by atoms with E-state index in [1.54, 1.807) is 6.92 Å². The molecule has 1 aromatic carbocycles. The largest absolute Gasteiger partial charge is 0.440 e. The molecular weight excluding hydrogens is 303 g/mol. The third-order valence-corrected chi connectivity index (χ3v) is 6.24. The van der Waals surface area contributed by atoms with Crippen molar-refractivity contribution in [1.29, 1.82) is 0 Å². The van der Waals surface area contributed by atoms with Gasteiger partial charge in [0, 0.05) is 16.9 Å². The smallest absolute Gasteiger partial charge is 0.415 e. The molecule has 1 rings (SSSR count). The second-order valence-electron chi connectivity index (χ2n) is 3.63. The first-order valence-electron chi connectivity index (χ1n) is 6.09. The molecule has 0 amide bonds. The van der Waals surface area contributed by atoms with Gasteiger partial charge in [-0.3, -0.25) is 4.52 Å². The molecule has 0 N–H and O–H groups in total. The van der Waals surface area contributed by atoms with E-state index >= 15 is 0 Å². The fourth-order valence-corrected chi connectivity index (χ4v) is 5.00. The average molecular weight is 321 g/mol. The summed E-state index contributed by atoms with van der Waals surface area (Å²) in [5.41, 5.74) is 2.06. The molecule has 19 heavy (non-hydrogen) atoms. The van der Waals surface area contributed by atoms with Crippen LogP contribution in [0.1, 0.15) is 25.8 Å². The topological polar surface area (TPSA) is 35.5 Å². The van der Waals surface area contributed by atoms with E-state index in [4.69, 9.17) is 20.6 Å². The molecular formula is C13H18ClO3PS. The molecule has 1 atom stereocenters. The molecule has 3 nitrogen and oxygen atoms in total. The molecule has 1 aromatic rings. The van der Waals surface area contributed by atoms with E-state index in [0.29, 0.717) is 18.1 Å². The summed E-state index contributed by atoms with van der Waals surface area (Å²) in [7, 11) is 0. The minimum atomic E-state index is -3.21. The van der Waals surface area contributed by atoms with Gasteiger partial charge in [0.15, 0.2) is 0 Å². The highest BCUT2D eigenvalue weighted by Gasteiger charge is 2.27. The van der Waals surface area contributed by atoms with Gasteiger partial charge < -0.3 is 4.52 Å². The minimum absolute atomic E-state index is 0.332. The van der Waals surface area contributed by atoms with E-state index in [9.17, 15) is 4.57 Å². The Balaban J connectivity index is 2.85. The van der Waals surface area contributed by atoms with Crippen LogP contribution in [0.4, 0.5) is 0 Å². The van der Waals surface area contributed by atoms with Crippen LogP contribution in [0.25, 0.3) is 5.76 Å². The summed E-state index contributed by atoms with van der Waals surface area (Å²) < 4.78 is 23.4. The van der Waals surface area contributed by atoms with E-state index in [-0.39, 0.29) is 0 Å². The average Bonchev–Trinajstić information content (AvgIpc) is 2.44. The normalized spacial score (nSPS) is 15.0. The summed E-state index contributed by atoms with van der Waals surface area (Å²) in [5, 5.41) is 0. The van der Waals surface area contributed by atoms with Crippen LogP contribution in [0, 0.1) is 0 Å². The van der Waals surface area contributed by atoms with Crippen LogP contribution in [0.2, 0.25) is 0 Å². The number of benzene rings is 1. The lowest BCUT2D eigenvalue weighted by atomic mass is 10.2. The van der Waals surface area contributed by atoms with Crippen LogP contribution in [0.15, 0.2) is 35.9 Å². The summed E-state index contributed by atoms with van der Waals surface area (Å²) >= 11 is 6.97. The molecule has 0 fully saturated rings. The molecule has 0 aliphatic carbocycles. The van der Waals surface area contributed by atoms with Gasteiger partial charge in [-0.05, 0) is 24.7 Å². The Kier molecular flexibility index (Phi) is 7.62. The van der Waals surface area contributed by atoms with Crippen molar-refractivity contribution in [2.24, 2.45) is 0 Å². The molecule has 0 aromatic heterocycles. The van der Waals surface area contributed by atoms with Crippen LogP contribution in [-0.2, 0) is 13.6 Å². The Labute approximate surface area is 123 Å². The number of hydrogen-bond donors (Lipinski definition) is 0. The van der Waals surface area contributed by atoms with Gasteiger partial charge in [0.05, 0.1) is 6.61 Å². The van der Waals surface area contributed by atoms with Crippen molar-refractivity contribution in [3.8, 4) is 0 Å². The second kappa shape index (κ2) is 8.70. The van der Waals surface area contributed by atoms with Gasteiger partial charge in [-0.1, -0.05) is 48.9 Å². The summed E-state index contributed by atoms with van der Waals surface area (Å²) in [5.74, 6) is 1.07. The quantitative estimate of drug-likeness (QED) is 0.466. The van der Waals surface area contributed by atoms with Crippen LogP contribution in [-0.4, -0.2) is 12.4 Å². The summed E-state index contributed by atoms with van der Waals surface area (Å²) in [4.78, 5) is 0. The minimum Gasteiger partial charge on any atom is -0.415 e. The maximum Gasteiger partial charge on any atom is 0.440 e. The fraction of sp³-hybridized carbons (Fsp3) is 0.385. The first-order chi connectivity index (χ1) is 9.15. The molecule has 0 bridgehead atoms. The van der Waals surface area contributed by atoms with Gasteiger partial charge in [0.2, 0.25) is 0 Å². The highest BCUT2D eigenvalue weighted by molar-refractivity contribution is 8.55.